The van der Waals surface area contributed by atoms with Gasteiger partial charge in [0.15, 0.2) is 5.79 Å². The summed E-state index contributed by atoms with van der Waals surface area (Å²) in [7, 11) is 0. The van der Waals surface area contributed by atoms with E-state index in [1.165, 1.54) is 30.4 Å². The van der Waals surface area contributed by atoms with Gasteiger partial charge in [0.05, 0.1) is 19.3 Å². The van der Waals surface area contributed by atoms with Crippen molar-refractivity contribution in [3.63, 3.8) is 0 Å². The van der Waals surface area contributed by atoms with Crippen LogP contribution in [0.2, 0.25) is 0 Å². The Hall–Kier alpha value is -0.900. The lowest BCUT2D eigenvalue weighted by atomic mass is 9.93. The Balaban J connectivity index is 1.55. The van der Waals surface area contributed by atoms with Crippen LogP contribution in [0.1, 0.15) is 50.2 Å². The first kappa shape index (κ1) is 15.0. The van der Waals surface area contributed by atoms with Crippen molar-refractivity contribution < 1.29 is 14.2 Å². The van der Waals surface area contributed by atoms with Crippen molar-refractivity contribution in [3.8, 4) is 0 Å². The lowest BCUT2D eigenvalue weighted by Crippen LogP contribution is -2.52. The number of benzene rings is 1. The van der Waals surface area contributed by atoms with Crippen LogP contribution in [-0.4, -0.2) is 24.6 Å². The van der Waals surface area contributed by atoms with Crippen LogP contribution in [-0.2, 0) is 20.8 Å². The van der Waals surface area contributed by atoms with Gasteiger partial charge in [-0.15, -0.1) is 0 Å². The molecule has 1 aromatic carbocycles. The fraction of sp³-hybridized carbons (Fsp3) is 0.667. The maximum Gasteiger partial charge on any atom is 0.168 e. The Labute approximate surface area is 127 Å². The Morgan fingerprint density at radius 2 is 1.95 bits per heavy atom. The molecule has 1 spiro atoms. The molecule has 3 heteroatoms. The van der Waals surface area contributed by atoms with E-state index in [1.54, 1.807) is 0 Å². The monoisotopic (exact) mass is 290 g/mol. The van der Waals surface area contributed by atoms with E-state index in [4.69, 9.17) is 14.2 Å². The van der Waals surface area contributed by atoms with E-state index in [0.29, 0.717) is 13.2 Å². The van der Waals surface area contributed by atoms with Crippen LogP contribution in [0.3, 0.4) is 0 Å². The first-order valence-electron chi connectivity index (χ1n) is 8.16. The maximum atomic E-state index is 6.20. The highest BCUT2D eigenvalue weighted by Crippen LogP contribution is 2.37. The number of rotatable bonds is 3. The smallest absolute Gasteiger partial charge is 0.168 e. The third kappa shape index (κ3) is 3.47. The van der Waals surface area contributed by atoms with Crippen molar-refractivity contribution in [1.29, 1.82) is 0 Å². The van der Waals surface area contributed by atoms with E-state index in [9.17, 15) is 0 Å². The van der Waals surface area contributed by atoms with E-state index in [0.717, 1.165) is 12.8 Å². The molecule has 0 radical (unpaired) electrons. The largest absolute Gasteiger partial charge is 0.368 e. The van der Waals surface area contributed by atoms with Crippen LogP contribution in [0.25, 0.3) is 0 Å². The summed E-state index contributed by atoms with van der Waals surface area (Å²) in [6.45, 7) is 5.50. The van der Waals surface area contributed by atoms with Gasteiger partial charge in [0.25, 0.3) is 0 Å². The molecule has 0 aromatic heterocycles. The normalized spacial score (nSPS) is 28.7. The van der Waals surface area contributed by atoms with Crippen LogP contribution in [0.5, 0.6) is 0 Å². The van der Waals surface area contributed by atoms with Crippen molar-refractivity contribution in [2.45, 2.75) is 70.6 Å². The Morgan fingerprint density at radius 3 is 2.67 bits per heavy atom. The number of ether oxygens (including phenoxy) is 3. The second kappa shape index (κ2) is 6.47. The highest BCUT2D eigenvalue weighted by Gasteiger charge is 2.42. The molecule has 2 unspecified atom stereocenters. The minimum Gasteiger partial charge on any atom is -0.368 e. The quantitative estimate of drug-likeness (QED) is 0.843. The second-order valence-electron chi connectivity index (χ2n) is 6.38. The van der Waals surface area contributed by atoms with Crippen LogP contribution in [0.15, 0.2) is 24.3 Å². The lowest BCUT2D eigenvalue weighted by Gasteiger charge is -2.45. The molecule has 1 aliphatic carbocycles. The van der Waals surface area contributed by atoms with E-state index < -0.39 is 0 Å². The third-order valence-corrected chi connectivity index (χ3v) is 4.76. The van der Waals surface area contributed by atoms with Crippen LogP contribution in [0, 0.1) is 6.92 Å². The lowest BCUT2D eigenvalue weighted by molar-refractivity contribution is -0.333. The molecule has 0 N–H and O–H groups in total. The first-order chi connectivity index (χ1) is 10.2. The Kier molecular flexibility index (Phi) is 4.63. The van der Waals surface area contributed by atoms with Gasteiger partial charge in [-0.3, -0.25) is 0 Å². The third-order valence-electron chi connectivity index (χ3n) is 4.76. The first-order valence-corrected chi connectivity index (χ1v) is 8.16. The summed E-state index contributed by atoms with van der Waals surface area (Å²) in [5, 5.41) is 0. The summed E-state index contributed by atoms with van der Waals surface area (Å²) in [6.07, 6.45) is 5.90. The minimum absolute atomic E-state index is 0.0251. The van der Waals surface area contributed by atoms with Gasteiger partial charge in [-0.25, -0.2) is 0 Å². The van der Waals surface area contributed by atoms with Crippen molar-refractivity contribution >= 4 is 0 Å². The van der Waals surface area contributed by atoms with Crippen LogP contribution >= 0.6 is 0 Å². The van der Waals surface area contributed by atoms with Crippen LogP contribution < -0.4 is 0 Å². The van der Waals surface area contributed by atoms with Crippen molar-refractivity contribution in [2.75, 3.05) is 6.61 Å². The SMILES string of the molecule is Cc1ccccc1COC1COC2(CCCCC2)OC1C. The molecule has 116 valence electrons. The topological polar surface area (TPSA) is 27.7 Å². The van der Waals surface area contributed by atoms with E-state index in [1.807, 2.05) is 0 Å². The molecule has 3 rings (SSSR count). The van der Waals surface area contributed by atoms with E-state index in [-0.39, 0.29) is 18.0 Å². The molecule has 0 amide bonds. The molecule has 2 aliphatic rings. The zero-order chi connectivity index (χ0) is 14.7. The average molecular weight is 290 g/mol. The Bertz CT molecular complexity index is 465. The molecule has 1 saturated carbocycles. The zero-order valence-electron chi connectivity index (χ0n) is 13.1. The Morgan fingerprint density at radius 1 is 1.19 bits per heavy atom. The van der Waals surface area contributed by atoms with Gasteiger partial charge in [0.1, 0.15) is 6.10 Å². The molecular weight excluding hydrogens is 264 g/mol. The molecule has 2 atom stereocenters. The number of aryl methyl sites for hydroxylation is 1. The standard InChI is InChI=1S/C18H26O3/c1-14-8-4-5-9-16(14)12-19-17-13-20-18(21-15(17)2)10-6-3-7-11-18/h4-5,8-9,15,17H,3,6-7,10-13H2,1-2H3. The molecule has 1 heterocycles. The summed E-state index contributed by atoms with van der Waals surface area (Å²) in [5.74, 6) is -0.319. The molecule has 1 aromatic rings. The second-order valence-corrected chi connectivity index (χ2v) is 6.38. The van der Waals surface area contributed by atoms with Gasteiger partial charge < -0.3 is 14.2 Å². The molecule has 1 saturated heterocycles. The van der Waals surface area contributed by atoms with Gasteiger partial charge in [-0.1, -0.05) is 30.7 Å². The zero-order valence-corrected chi connectivity index (χ0v) is 13.1. The van der Waals surface area contributed by atoms with Crippen molar-refractivity contribution in [2.24, 2.45) is 0 Å². The minimum atomic E-state index is -0.319. The predicted octanol–water partition coefficient (Wildman–Crippen LogP) is 3.98. The molecular formula is C18H26O3. The summed E-state index contributed by atoms with van der Waals surface area (Å²) in [5.41, 5.74) is 2.51. The fourth-order valence-corrected chi connectivity index (χ4v) is 3.32. The van der Waals surface area contributed by atoms with Gasteiger partial charge in [-0.05, 0) is 37.8 Å². The van der Waals surface area contributed by atoms with Gasteiger partial charge in [0, 0.05) is 12.8 Å². The molecule has 21 heavy (non-hydrogen) atoms. The predicted molar refractivity (Wildman–Crippen MR) is 82.1 cm³/mol. The summed E-state index contributed by atoms with van der Waals surface area (Å²) < 4.78 is 18.3. The molecule has 3 nitrogen and oxygen atoms in total. The summed E-state index contributed by atoms with van der Waals surface area (Å²) >= 11 is 0. The van der Waals surface area contributed by atoms with Gasteiger partial charge in [-0.2, -0.15) is 0 Å². The summed E-state index contributed by atoms with van der Waals surface area (Å²) in [6, 6.07) is 8.35. The molecule has 2 fully saturated rings. The van der Waals surface area contributed by atoms with Gasteiger partial charge in [0.2, 0.25) is 0 Å². The average Bonchev–Trinajstić information content (AvgIpc) is 2.49. The number of hydrogen-bond donors (Lipinski definition) is 0. The van der Waals surface area contributed by atoms with E-state index >= 15 is 0 Å². The summed E-state index contributed by atoms with van der Waals surface area (Å²) in [4.78, 5) is 0. The van der Waals surface area contributed by atoms with Crippen LogP contribution in [0.4, 0.5) is 0 Å². The highest BCUT2D eigenvalue weighted by molar-refractivity contribution is 5.24. The van der Waals surface area contributed by atoms with E-state index in [2.05, 4.69) is 38.1 Å². The maximum absolute atomic E-state index is 6.20. The molecule has 0 bridgehead atoms. The van der Waals surface area contributed by atoms with Gasteiger partial charge >= 0.3 is 0 Å². The van der Waals surface area contributed by atoms with Crippen molar-refractivity contribution in [3.05, 3.63) is 35.4 Å². The highest BCUT2D eigenvalue weighted by atomic mass is 16.7. The number of hydrogen-bond acceptors (Lipinski definition) is 3. The van der Waals surface area contributed by atoms with Crippen molar-refractivity contribution in [1.82, 2.24) is 0 Å². The fourth-order valence-electron chi connectivity index (χ4n) is 3.32. The molecule has 1 aliphatic heterocycles.